The molecule has 2 aromatic heterocycles. The van der Waals surface area contributed by atoms with Gasteiger partial charge in [-0.2, -0.15) is 5.10 Å². The molecule has 148 valence electrons. The number of benzene rings is 1. The number of methoxy groups -OCH3 is 1. The van der Waals surface area contributed by atoms with Crippen molar-refractivity contribution in [3.63, 3.8) is 0 Å². The molecule has 0 saturated heterocycles. The van der Waals surface area contributed by atoms with Crippen molar-refractivity contribution in [3.05, 3.63) is 60.4 Å². The number of amides is 1. The Bertz CT molecular complexity index is 1050. The van der Waals surface area contributed by atoms with Gasteiger partial charge in [-0.25, -0.2) is 12.9 Å². The highest BCUT2D eigenvalue weighted by Gasteiger charge is 2.12. The van der Waals surface area contributed by atoms with Crippen molar-refractivity contribution in [2.75, 3.05) is 24.1 Å². The standard InChI is InChI=1S/C19H22N4O4S/c1-27-18-5-2-15(3-6-18)4-7-19(24)20-11-13-28(25,26)22-16-9-12-23-17(14-16)8-10-21-23/h2-3,5-6,8-10,12,14,22H,4,7,11,13H2,1H3,(H,20,24). The molecule has 8 nitrogen and oxygen atoms in total. The van der Waals surface area contributed by atoms with E-state index in [1.165, 1.54) is 0 Å². The Hall–Kier alpha value is -3.07. The molecule has 1 aromatic carbocycles. The number of fused-ring (bicyclic) bond motifs is 1. The molecule has 0 aliphatic carbocycles. The molecule has 0 spiro atoms. The topological polar surface area (TPSA) is 102 Å². The fraction of sp³-hybridized carbons (Fsp3) is 0.263. The molecule has 3 rings (SSSR count). The summed E-state index contributed by atoms with van der Waals surface area (Å²) in [6, 6.07) is 12.6. The van der Waals surface area contributed by atoms with Crippen molar-refractivity contribution < 1.29 is 17.9 Å². The van der Waals surface area contributed by atoms with E-state index in [0.717, 1.165) is 16.8 Å². The first-order valence-corrected chi connectivity index (χ1v) is 10.4. The van der Waals surface area contributed by atoms with Crippen LogP contribution in [0.15, 0.2) is 54.9 Å². The minimum absolute atomic E-state index is 0.0473. The molecule has 9 heteroatoms. The molecular weight excluding hydrogens is 380 g/mol. The SMILES string of the molecule is COc1ccc(CCC(=O)NCCS(=O)(=O)Nc2ccn3nccc3c2)cc1. The van der Waals surface area contributed by atoms with Crippen LogP contribution in [0, 0.1) is 0 Å². The van der Waals surface area contributed by atoms with Gasteiger partial charge in [0, 0.05) is 25.4 Å². The van der Waals surface area contributed by atoms with E-state index >= 15 is 0 Å². The highest BCUT2D eigenvalue weighted by molar-refractivity contribution is 7.92. The number of hydrogen-bond acceptors (Lipinski definition) is 5. The molecule has 0 fully saturated rings. The Morgan fingerprint density at radius 1 is 1.18 bits per heavy atom. The van der Waals surface area contributed by atoms with Gasteiger partial charge in [-0.15, -0.1) is 0 Å². The Morgan fingerprint density at radius 2 is 1.96 bits per heavy atom. The minimum atomic E-state index is -3.57. The van der Waals surface area contributed by atoms with Gasteiger partial charge < -0.3 is 10.1 Å². The Balaban J connectivity index is 1.42. The van der Waals surface area contributed by atoms with E-state index in [1.54, 1.807) is 42.2 Å². The Morgan fingerprint density at radius 3 is 2.71 bits per heavy atom. The van der Waals surface area contributed by atoms with Gasteiger partial charge in [0.15, 0.2) is 0 Å². The minimum Gasteiger partial charge on any atom is -0.497 e. The number of carbonyl (C=O) groups is 1. The molecular formula is C19H22N4O4S. The van der Waals surface area contributed by atoms with Crippen LogP contribution < -0.4 is 14.8 Å². The molecule has 2 N–H and O–H groups in total. The first kappa shape index (κ1) is 19.7. The normalized spacial score (nSPS) is 11.3. The van der Waals surface area contributed by atoms with E-state index in [2.05, 4.69) is 15.1 Å². The quantitative estimate of drug-likeness (QED) is 0.569. The third-order valence-corrected chi connectivity index (χ3v) is 5.45. The number of aromatic nitrogens is 2. The zero-order chi connectivity index (χ0) is 20.0. The fourth-order valence-corrected chi connectivity index (χ4v) is 3.64. The summed E-state index contributed by atoms with van der Waals surface area (Å²) in [5, 5.41) is 6.70. The van der Waals surface area contributed by atoms with Crippen molar-refractivity contribution in [3.8, 4) is 5.75 Å². The third-order valence-electron chi connectivity index (χ3n) is 4.17. The van der Waals surface area contributed by atoms with E-state index in [9.17, 15) is 13.2 Å². The summed E-state index contributed by atoms with van der Waals surface area (Å²) >= 11 is 0. The largest absolute Gasteiger partial charge is 0.497 e. The van der Waals surface area contributed by atoms with Crippen molar-refractivity contribution >= 4 is 27.1 Å². The lowest BCUT2D eigenvalue weighted by Crippen LogP contribution is -2.31. The van der Waals surface area contributed by atoms with Crippen molar-refractivity contribution in [1.29, 1.82) is 0 Å². The van der Waals surface area contributed by atoms with Crippen LogP contribution in [0.3, 0.4) is 0 Å². The Kier molecular flexibility index (Phi) is 6.15. The van der Waals surface area contributed by atoms with Crippen LogP contribution in [-0.2, 0) is 21.2 Å². The van der Waals surface area contributed by atoms with Crippen LogP contribution in [0.1, 0.15) is 12.0 Å². The zero-order valence-electron chi connectivity index (χ0n) is 15.5. The van der Waals surface area contributed by atoms with Gasteiger partial charge in [0.25, 0.3) is 0 Å². The van der Waals surface area contributed by atoms with Gasteiger partial charge in [-0.1, -0.05) is 12.1 Å². The second kappa shape index (κ2) is 8.75. The number of anilines is 1. The number of aryl methyl sites for hydroxylation is 1. The lowest BCUT2D eigenvalue weighted by atomic mass is 10.1. The molecule has 0 bridgehead atoms. The van der Waals surface area contributed by atoms with Crippen LogP contribution in [0.4, 0.5) is 5.69 Å². The number of nitrogens with zero attached hydrogens (tertiary/aromatic N) is 2. The predicted molar refractivity (Wildman–Crippen MR) is 107 cm³/mol. The molecule has 28 heavy (non-hydrogen) atoms. The Labute approximate surface area is 163 Å². The molecule has 1 amide bonds. The van der Waals surface area contributed by atoms with Gasteiger partial charge in [-0.3, -0.25) is 9.52 Å². The van der Waals surface area contributed by atoms with Crippen molar-refractivity contribution in [2.24, 2.45) is 0 Å². The maximum Gasteiger partial charge on any atom is 0.234 e. The van der Waals surface area contributed by atoms with E-state index in [1.807, 2.05) is 24.3 Å². The highest BCUT2D eigenvalue weighted by Crippen LogP contribution is 2.14. The average molecular weight is 402 g/mol. The van der Waals surface area contributed by atoms with E-state index in [0.29, 0.717) is 12.1 Å². The first-order valence-electron chi connectivity index (χ1n) is 8.79. The second-order valence-corrected chi connectivity index (χ2v) is 8.08. The van der Waals surface area contributed by atoms with E-state index < -0.39 is 10.0 Å². The average Bonchev–Trinajstić information content (AvgIpc) is 3.14. The van der Waals surface area contributed by atoms with Crippen LogP contribution in [-0.4, -0.2) is 43.3 Å². The van der Waals surface area contributed by atoms with Gasteiger partial charge in [0.05, 0.1) is 24.1 Å². The summed E-state index contributed by atoms with van der Waals surface area (Å²) in [5.74, 6) is 0.371. The van der Waals surface area contributed by atoms with Crippen LogP contribution in [0.5, 0.6) is 5.75 Å². The summed E-state index contributed by atoms with van der Waals surface area (Å²) in [4.78, 5) is 11.9. The molecule has 0 atom stereocenters. The zero-order valence-corrected chi connectivity index (χ0v) is 16.3. The molecule has 0 radical (unpaired) electrons. The van der Waals surface area contributed by atoms with Crippen LogP contribution in [0.2, 0.25) is 0 Å². The number of sulfonamides is 1. The smallest absolute Gasteiger partial charge is 0.234 e. The van der Waals surface area contributed by atoms with Crippen LogP contribution >= 0.6 is 0 Å². The number of hydrogen-bond donors (Lipinski definition) is 2. The monoisotopic (exact) mass is 402 g/mol. The van der Waals surface area contributed by atoms with Gasteiger partial charge >= 0.3 is 0 Å². The molecule has 3 aromatic rings. The molecule has 0 aliphatic rings. The summed E-state index contributed by atoms with van der Waals surface area (Å²) in [7, 11) is -1.97. The van der Waals surface area contributed by atoms with Gasteiger partial charge in [0.1, 0.15) is 5.75 Å². The summed E-state index contributed by atoms with van der Waals surface area (Å²) in [6.07, 6.45) is 4.17. The van der Waals surface area contributed by atoms with E-state index in [-0.39, 0.29) is 24.6 Å². The van der Waals surface area contributed by atoms with Crippen molar-refractivity contribution in [2.45, 2.75) is 12.8 Å². The number of nitrogens with one attached hydrogen (secondary N) is 2. The summed E-state index contributed by atoms with van der Waals surface area (Å²) < 4.78 is 33.6. The number of ether oxygens (including phenoxy) is 1. The molecule has 0 aliphatic heterocycles. The molecule has 0 unspecified atom stereocenters. The number of pyridine rings is 1. The maximum atomic E-state index is 12.2. The molecule has 2 heterocycles. The van der Waals surface area contributed by atoms with Crippen molar-refractivity contribution in [1.82, 2.24) is 14.9 Å². The lowest BCUT2D eigenvalue weighted by Gasteiger charge is -2.09. The summed E-state index contributed by atoms with van der Waals surface area (Å²) in [5.41, 5.74) is 2.26. The van der Waals surface area contributed by atoms with Gasteiger partial charge in [0.2, 0.25) is 15.9 Å². The van der Waals surface area contributed by atoms with Gasteiger partial charge in [-0.05, 0) is 42.3 Å². The number of rotatable bonds is 9. The number of carbonyl (C=O) groups excluding carboxylic acids is 1. The van der Waals surface area contributed by atoms with Crippen LogP contribution in [0.25, 0.3) is 5.52 Å². The third kappa shape index (κ3) is 5.46. The lowest BCUT2D eigenvalue weighted by molar-refractivity contribution is -0.120. The highest BCUT2D eigenvalue weighted by atomic mass is 32.2. The maximum absolute atomic E-state index is 12.2. The fourth-order valence-electron chi connectivity index (χ4n) is 2.68. The summed E-state index contributed by atoms with van der Waals surface area (Å²) in [6.45, 7) is 0.0473. The predicted octanol–water partition coefficient (Wildman–Crippen LogP) is 1.83. The molecule has 0 saturated carbocycles. The second-order valence-electron chi connectivity index (χ2n) is 6.24. The van der Waals surface area contributed by atoms with E-state index in [4.69, 9.17) is 4.74 Å². The first-order chi connectivity index (χ1) is 13.4.